The first kappa shape index (κ1) is 16.8. The van der Waals surface area contributed by atoms with Gasteiger partial charge in [-0.2, -0.15) is 18.3 Å². The molecule has 1 aromatic heterocycles. The van der Waals surface area contributed by atoms with E-state index in [1.807, 2.05) is 0 Å². The van der Waals surface area contributed by atoms with Crippen molar-refractivity contribution in [2.75, 3.05) is 13.1 Å². The molecule has 7 heteroatoms. The molecule has 0 aliphatic rings. The molecule has 1 aromatic carbocycles. The fourth-order valence-corrected chi connectivity index (χ4v) is 2.11. The summed E-state index contributed by atoms with van der Waals surface area (Å²) in [6.45, 7) is 2.46. The first-order valence-corrected chi connectivity index (χ1v) is 6.92. The Balaban J connectivity index is 2.09. The number of alkyl halides is 3. The van der Waals surface area contributed by atoms with Crippen LogP contribution in [-0.2, 0) is 6.54 Å². The zero-order valence-electron chi connectivity index (χ0n) is 12.3. The minimum absolute atomic E-state index is 0.159. The van der Waals surface area contributed by atoms with Crippen molar-refractivity contribution in [1.29, 1.82) is 0 Å². The Bertz CT molecular complexity index is 648. The van der Waals surface area contributed by atoms with E-state index in [-0.39, 0.29) is 12.1 Å². The predicted octanol–water partition coefficient (Wildman–Crippen LogP) is 3.12. The Kier molecular flexibility index (Phi) is 5.20. The average Bonchev–Trinajstić information content (AvgIpc) is 2.98. The zero-order chi connectivity index (χ0) is 16.9. The van der Waals surface area contributed by atoms with E-state index in [4.69, 9.17) is 0 Å². The Hall–Kier alpha value is -2.57. The van der Waals surface area contributed by atoms with Crippen molar-refractivity contribution in [3.63, 3.8) is 0 Å². The molecule has 0 unspecified atom stereocenters. The van der Waals surface area contributed by atoms with E-state index in [0.717, 1.165) is 10.5 Å². The first-order chi connectivity index (χ1) is 10.9. The lowest BCUT2D eigenvalue weighted by Crippen LogP contribution is -2.39. The maximum Gasteiger partial charge on any atom is 0.406 e. The van der Waals surface area contributed by atoms with E-state index in [1.54, 1.807) is 35.3 Å². The van der Waals surface area contributed by atoms with Crippen LogP contribution < -0.4 is 0 Å². The van der Waals surface area contributed by atoms with Crippen molar-refractivity contribution < 1.29 is 18.0 Å². The lowest BCUT2D eigenvalue weighted by atomic mass is 10.1. The van der Waals surface area contributed by atoms with E-state index in [1.165, 1.54) is 18.2 Å². The summed E-state index contributed by atoms with van der Waals surface area (Å²) in [5.41, 5.74) is 1.11. The van der Waals surface area contributed by atoms with Gasteiger partial charge in [-0.3, -0.25) is 9.48 Å². The van der Waals surface area contributed by atoms with Crippen LogP contribution in [-0.4, -0.2) is 39.9 Å². The molecule has 0 bridgehead atoms. The summed E-state index contributed by atoms with van der Waals surface area (Å²) in [5.74, 6) is -0.673. The second-order valence-corrected chi connectivity index (χ2v) is 4.99. The monoisotopic (exact) mass is 323 g/mol. The number of hydrogen-bond donors (Lipinski definition) is 0. The molecule has 1 amide bonds. The number of hydrogen-bond acceptors (Lipinski definition) is 2. The molecule has 122 valence electrons. The summed E-state index contributed by atoms with van der Waals surface area (Å²) >= 11 is 0. The number of halogens is 3. The predicted molar refractivity (Wildman–Crippen MR) is 79.9 cm³/mol. The summed E-state index contributed by atoms with van der Waals surface area (Å²) in [7, 11) is 0. The van der Waals surface area contributed by atoms with E-state index in [0.29, 0.717) is 6.54 Å². The number of rotatable bonds is 6. The van der Waals surface area contributed by atoms with Crippen molar-refractivity contribution >= 4 is 5.91 Å². The molecule has 0 saturated heterocycles. The van der Waals surface area contributed by atoms with Gasteiger partial charge in [-0.05, 0) is 23.8 Å². The molecular weight excluding hydrogens is 307 g/mol. The first-order valence-electron chi connectivity index (χ1n) is 6.92. The van der Waals surface area contributed by atoms with Crippen LogP contribution in [0.4, 0.5) is 13.2 Å². The lowest BCUT2D eigenvalue weighted by Gasteiger charge is -2.22. The van der Waals surface area contributed by atoms with Gasteiger partial charge in [0.25, 0.3) is 5.91 Å². The van der Waals surface area contributed by atoms with Crippen LogP contribution in [0.2, 0.25) is 0 Å². The van der Waals surface area contributed by atoms with Gasteiger partial charge in [0.1, 0.15) is 6.54 Å². The average molecular weight is 323 g/mol. The highest BCUT2D eigenvalue weighted by molar-refractivity contribution is 5.94. The highest BCUT2D eigenvalue weighted by atomic mass is 19.4. The highest BCUT2D eigenvalue weighted by Gasteiger charge is 2.32. The molecule has 0 aliphatic carbocycles. The fourth-order valence-electron chi connectivity index (χ4n) is 2.11. The third-order valence-electron chi connectivity index (χ3n) is 3.11. The minimum Gasteiger partial charge on any atom is -0.326 e. The Morgan fingerprint density at radius 1 is 1.30 bits per heavy atom. The van der Waals surface area contributed by atoms with Gasteiger partial charge in [0.05, 0.1) is 6.54 Å². The van der Waals surface area contributed by atoms with Crippen molar-refractivity contribution in [2.45, 2.75) is 12.7 Å². The number of amides is 1. The van der Waals surface area contributed by atoms with Gasteiger partial charge in [-0.1, -0.05) is 18.2 Å². The maximum atomic E-state index is 12.5. The second-order valence-electron chi connectivity index (χ2n) is 4.99. The standard InChI is InChI=1S/C16H16F3N3O/c1-2-9-21(12-16(17,18)19)15(23)14-6-4-13(5-7-14)11-22-10-3-8-20-22/h2-8,10H,1,9,11-12H2. The van der Waals surface area contributed by atoms with Crippen LogP contribution in [0, 0.1) is 0 Å². The van der Waals surface area contributed by atoms with Crippen LogP contribution in [0.5, 0.6) is 0 Å². The van der Waals surface area contributed by atoms with E-state index in [2.05, 4.69) is 11.7 Å². The van der Waals surface area contributed by atoms with E-state index in [9.17, 15) is 18.0 Å². The Labute approximate surface area is 131 Å². The normalized spacial score (nSPS) is 11.3. The molecule has 0 aliphatic heterocycles. The summed E-state index contributed by atoms with van der Waals surface area (Å²) < 4.78 is 39.3. The number of aromatic nitrogens is 2. The lowest BCUT2D eigenvalue weighted by molar-refractivity contribution is -0.139. The van der Waals surface area contributed by atoms with Gasteiger partial charge < -0.3 is 4.90 Å². The maximum absolute atomic E-state index is 12.5. The van der Waals surface area contributed by atoms with Crippen LogP contribution in [0.1, 0.15) is 15.9 Å². The zero-order valence-corrected chi connectivity index (χ0v) is 12.3. The number of benzene rings is 1. The van der Waals surface area contributed by atoms with E-state index >= 15 is 0 Å². The van der Waals surface area contributed by atoms with Crippen molar-refractivity contribution in [3.8, 4) is 0 Å². The SMILES string of the molecule is C=CCN(CC(F)(F)F)C(=O)c1ccc(Cn2cccn2)cc1. The van der Waals surface area contributed by atoms with Gasteiger partial charge in [0, 0.05) is 24.5 Å². The molecule has 1 heterocycles. The van der Waals surface area contributed by atoms with Crippen LogP contribution in [0.25, 0.3) is 0 Å². The van der Waals surface area contributed by atoms with Crippen molar-refractivity contribution in [2.24, 2.45) is 0 Å². The van der Waals surface area contributed by atoms with Crippen LogP contribution in [0.15, 0.2) is 55.4 Å². The smallest absolute Gasteiger partial charge is 0.326 e. The largest absolute Gasteiger partial charge is 0.406 e. The highest BCUT2D eigenvalue weighted by Crippen LogP contribution is 2.18. The minimum atomic E-state index is -4.45. The van der Waals surface area contributed by atoms with Gasteiger partial charge in [-0.15, -0.1) is 6.58 Å². The fraction of sp³-hybridized carbons (Fsp3) is 0.250. The third kappa shape index (κ3) is 4.98. The van der Waals surface area contributed by atoms with Crippen LogP contribution in [0.3, 0.4) is 0 Å². The quantitative estimate of drug-likeness (QED) is 0.766. The summed E-state index contributed by atoms with van der Waals surface area (Å²) in [6, 6.07) is 8.24. The summed E-state index contributed by atoms with van der Waals surface area (Å²) in [5, 5.41) is 4.07. The third-order valence-corrected chi connectivity index (χ3v) is 3.11. The van der Waals surface area contributed by atoms with Gasteiger partial charge >= 0.3 is 6.18 Å². The van der Waals surface area contributed by atoms with E-state index < -0.39 is 18.6 Å². The van der Waals surface area contributed by atoms with Crippen molar-refractivity contribution in [3.05, 3.63) is 66.5 Å². The van der Waals surface area contributed by atoms with Gasteiger partial charge in [-0.25, -0.2) is 0 Å². The molecule has 2 aromatic rings. The topological polar surface area (TPSA) is 38.1 Å². The molecule has 4 nitrogen and oxygen atoms in total. The molecule has 0 radical (unpaired) electrons. The summed E-state index contributed by atoms with van der Waals surface area (Å²) in [6.07, 6.45) is 0.283. The molecule has 0 fully saturated rings. The molecule has 0 spiro atoms. The number of nitrogens with zero attached hydrogens (tertiary/aromatic N) is 3. The van der Waals surface area contributed by atoms with Gasteiger partial charge in [0.15, 0.2) is 0 Å². The number of carbonyl (C=O) groups is 1. The molecule has 23 heavy (non-hydrogen) atoms. The molecule has 0 atom stereocenters. The molecule has 0 N–H and O–H groups in total. The Morgan fingerprint density at radius 3 is 2.52 bits per heavy atom. The van der Waals surface area contributed by atoms with Gasteiger partial charge in [0.2, 0.25) is 0 Å². The van der Waals surface area contributed by atoms with Crippen molar-refractivity contribution in [1.82, 2.24) is 14.7 Å². The molecular formula is C16H16F3N3O. The molecule has 2 rings (SSSR count). The van der Waals surface area contributed by atoms with Crippen LogP contribution >= 0.6 is 0 Å². The summed E-state index contributed by atoms with van der Waals surface area (Å²) in [4.78, 5) is 12.9. The Morgan fingerprint density at radius 2 is 2.00 bits per heavy atom. The second kappa shape index (κ2) is 7.13. The molecule has 0 saturated carbocycles. The number of carbonyl (C=O) groups excluding carboxylic acids is 1.